The van der Waals surface area contributed by atoms with Crippen LogP contribution >= 0.6 is 0 Å². The molecule has 3 heteroatoms. The van der Waals surface area contributed by atoms with Gasteiger partial charge in [0, 0.05) is 25.2 Å². The highest BCUT2D eigenvalue weighted by molar-refractivity contribution is 4.86. The molecule has 116 valence electrons. The number of rotatable bonds is 7. The molecule has 0 radical (unpaired) electrons. The predicted octanol–water partition coefficient (Wildman–Crippen LogP) is 2.53. The summed E-state index contributed by atoms with van der Waals surface area (Å²) < 4.78 is 0. The van der Waals surface area contributed by atoms with Gasteiger partial charge in [-0.15, -0.1) is 0 Å². The summed E-state index contributed by atoms with van der Waals surface area (Å²) in [6, 6.07) is 1.48. The Labute approximate surface area is 124 Å². The van der Waals surface area contributed by atoms with E-state index in [1.807, 2.05) is 0 Å². The first-order valence-corrected chi connectivity index (χ1v) is 8.97. The van der Waals surface area contributed by atoms with E-state index < -0.39 is 0 Å². The minimum absolute atomic E-state index is 0.0976. The molecule has 2 saturated carbocycles. The van der Waals surface area contributed by atoms with Gasteiger partial charge in [0.2, 0.25) is 0 Å². The molecule has 0 amide bonds. The van der Waals surface area contributed by atoms with Crippen molar-refractivity contribution in [3.8, 4) is 0 Å². The van der Waals surface area contributed by atoms with Gasteiger partial charge in [0.15, 0.2) is 0 Å². The van der Waals surface area contributed by atoms with Crippen LogP contribution in [0.5, 0.6) is 0 Å². The number of aliphatic hydroxyl groups excluding tert-OH is 1. The Balaban J connectivity index is 1.42. The summed E-state index contributed by atoms with van der Waals surface area (Å²) in [4.78, 5) is 2.57. The smallest absolute Gasteiger partial charge is 0.0669 e. The van der Waals surface area contributed by atoms with Gasteiger partial charge in [0.05, 0.1) is 6.10 Å². The Morgan fingerprint density at radius 1 is 1.00 bits per heavy atom. The molecule has 0 bridgehead atoms. The molecule has 1 aliphatic heterocycles. The van der Waals surface area contributed by atoms with Crippen molar-refractivity contribution in [1.29, 1.82) is 0 Å². The number of nitrogens with zero attached hydrogens (tertiary/aromatic N) is 1. The van der Waals surface area contributed by atoms with E-state index in [1.165, 1.54) is 64.3 Å². The van der Waals surface area contributed by atoms with E-state index in [1.54, 1.807) is 0 Å². The molecule has 3 rings (SSSR count). The van der Waals surface area contributed by atoms with Gasteiger partial charge in [-0.2, -0.15) is 0 Å². The van der Waals surface area contributed by atoms with Crippen LogP contribution in [0, 0.1) is 5.92 Å². The SMILES string of the molecule is OC(CC1CCCC1)CN1CCCCC1CNC1CC1. The van der Waals surface area contributed by atoms with Gasteiger partial charge in [0.1, 0.15) is 0 Å². The molecular weight excluding hydrogens is 248 g/mol. The van der Waals surface area contributed by atoms with Crippen LogP contribution in [0.1, 0.15) is 64.2 Å². The number of hydrogen-bond donors (Lipinski definition) is 2. The van der Waals surface area contributed by atoms with Crippen molar-refractivity contribution < 1.29 is 5.11 Å². The van der Waals surface area contributed by atoms with Crippen molar-refractivity contribution in [3.63, 3.8) is 0 Å². The first-order chi connectivity index (χ1) is 9.81. The number of likely N-dealkylation sites (tertiary alicyclic amines) is 1. The highest BCUT2D eigenvalue weighted by Crippen LogP contribution is 2.29. The van der Waals surface area contributed by atoms with Crippen molar-refractivity contribution in [2.45, 2.75) is 82.4 Å². The maximum Gasteiger partial charge on any atom is 0.0669 e. The van der Waals surface area contributed by atoms with Crippen molar-refractivity contribution in [2.24, 2.45) is 5.92 Å². The molecule has 20 heavy (non-hydrogen) atoms. The predicted molar refractivity (Wildman–Crippen MR) is 82.8 cm³/mol. The Morgan fingerprint density at radius 2 is 1.75 bits per heavy atom. The molecule has 3 nitrogen and oxygen atoms in total. The third kappa shape index (κ3) is 4.44. The van der Waals surface area contributed by atoms with Crippen LogP contribution in [0.4, 0.5) is 0 Å². The zero-order valence-electron chi connectivity index (χ0n) is 12.9. The van der Waals surface area contributed by atoms with Crippen LogP contribution in [0.3, 0.4) is 0 Å². The van der Waals surface area contributed by atoms with E-state index in [2.05, 4.69) is 10.2 Å². The number of β-amino-alcohol motifs (C(OH)–C–C–N with tert-alkyl or cyclic N) is 1. The maximum absolute atomic E-state index is 10.4. The third-order valence-corrected chi connectivity index (χ3v) is 5.49. The summed E-state index contributed by atoms with van der Waals surface area (Å²) in [6.07, 6.45) is 13.2. The first kappa shape index (κ1) is 14.8. The van der Waals surface area contributed by atoms with E-state index in [9.17, 15) is 5.11 Å². The minimum Gasteiger partial charge on any atom is -0.392 e. The summed E-state index contributed by atoms with van der Waals surface area (Å²) >= 11 is 0. The quantitative estimate of drug-likeness (QED) is 0.752. The van der Waals surface area contributed by atoms with Crippen LogP contribution < -0.4 is 5.32 Å². The molecule has 1 heterocycles. The summed E-state index contributed by atoms with van der Waals surface area (Å²) in [7, 11) is 0. The Hall–Kier alpha value is -0.120. The summed E-state index contributed by atoms with van der Waals surface area (Å²) in [5, 5.41) is 14.1. The van der Waals surface area contributed by atoms with Gasteiger partial charge in [-0.3, -0.25) is 4.90 Å². The second-order valence-corrected chi connectivity index (χ2v) is 7.37. The Kier molecular flexibility index (Phi) is 5.36. The number of hydrogen-bond acceptors (Lipinski definition) is 3. The number of nitrogens with one attached hydrogen (secondary N) is 1. The molecule has 2 aliphatic carbocycles. The average molecular weight is 280 g/mol. The van der Waals surface area contributed by atoms with Gasteiger partial charge in [0.25, 0.3) is 0 Å². The lowest BCUT2D eigenvalue weighted by atomic mass is 9.97. The monoisotopic (exact) mass is 280 g/mol. The zero-order valence-corrected chi connectivity index (χ0v) is 12.9. The minimum atomic E-state index is -0.0976. The van der Waals surface area contributed by atoms with E-state index >= 15 is 0 Å². The third-order valence-electron chi connectivity index (χ3n) is 5.49. The van der Waals surface area contributed by atoms with Crippen LogP contribution in [0.25, 0.3) is 0 Å². The molecule has 0 aromatic carbocycles. The lowest BCUT2D eigenvalue weighted by Gasteiger charge is -2.37. The van der Waals surface area contributed by atoms with Gasteiger partial charge in [-0.1, -0.05) is 32.1 Å². The van der Waals surface area contributed by atoms with Gasteiger partial charge in [-0.25, -0.2) is 0 Å². The largest absolute Gasteiger partial charge is 0.392 e. The Bertz CT molecular complexity index is 287. The van der Waals surface area contributed by atoms with Crippen LogP contribution in [-0.4, -0.2) is 47.8 Å². The van der Waals surface area contributed by atoms with Gasteiger partial charge in [-0.05, 0) is 44.6 Å². The molecule has 3 aliphatic rings. The lowest BCUT2D eigenvalue weighted by Crippen LogP contribution is -2.48. The van der Waals surface area contributed by atoms with Crippen molar-refractivity contribution in [1.82, 2.24) is 10.2 Å². The molecule has 2 unspecified atom stereocenters. The summed E-state index contributed by atoms with van der Waals surface area (Å²) in [5.41, 5.74) is 0. The standard InChI is InChI=1S/C17H32N2O/c20-17(11-14-5-1-2-6-14)13-19-10-4-3-7-16(19)12-18-15-8-9-15/h14-18,20H,1-13H2. The molecule has 1 saturated heterocycles. The zero-order chi connectivity index (χ0) is 13.8. The normalized spacial score (nSPS) is 30.8. The fourth-order valence-electron chi connectivity index (χ4n) is 4.10. The van der Waals surface area contributed by atoms with Crippen LogP contribution in [0.15, 0.2) is 0 Å². The average Bonchev–Trinajstić information content (AvgIpc) is 3.14. The number of piperidine rings is 1. The number of aliphatic hydroxyl groups is 1. The van der Waals surface area contributed by atoms with E-state index in [4.69, 9.17) is 0 Å². The maximum atomic E-state index is 10.4. The van der Waals surface area contributed by atoms with Crippen LogP contribution in [0.2, 0.25) is 0 Å². The van der Waals surface area contributed by atoms with Crippen molar-refractivity contribution >= 4 is 0 Å². The molecule has 0 aromatic heterocycles. The second kappa shape index (κ2) is 7.24. The Morgan fingerprint density at radius 3 is 2.50 bits per heavy atom. The van der Waals surface area contributed by atoms with E-state index in [0.29, 0.717) is 6.04 Å². The van der Waals surface area contributed by atoms with Gasteiger partial charge < -0.3 is 10.4 Å². The summed E-state index contributed by atoms with van der Waals surface area (Å²) in [5.74, 6) is 0.804. The van der Waals surface area contributed by atoms with E-state index in [-0.39, 0.29) is 6.10 Å². The highest BCUT2D eigenvalue weighted by atomic mass is 16.3. The van der Waals surface area contributed by atoms with Crippen LogP contribution in [-0.2, 0) is 0 Å². The molecule has 2 N–H and O–H groups in total. The molecule has 3 fully saturated rings. The molecule has 0 aromatic rings. The molecule has 0 spiro atoms. The lowest BCUT2D eigenvalue weighted by molar-refractivity contribution is 0.0540. The fraction of sp³-hybridized carbons (Fsp3) is 1.00. The highest BCUT2D eigenvalue weighted by Gasteiger charge is 2.28. The van der Waals surface area contributed by atoms with E-state index in [0.717, 1.165) is 31.5 Å². The molecule has 2 atom stereocenters. The van der Waals surface area contributed by atoms with Crippen molar-refractivity contribution in [3.05, 3.63) is 0 Å². The second-order valence-electron chi connectivity index (χ2n) is 7.37. The topological polar surface area (TPSA) is 35.5 Å². The molecular formula is C17H32N2O. The van der Waals surface area contributed by atoms with Gasteiger partial charge >= 0.3 is 0 Å². The fourth-order valence-corrected chi connectivity index (χ4v) is 4.10. The summed E-state index contributed by atoms with van der Waals surface area (Å²) in [6.45, 7) is 3.24. The first-order valence-electron chi connectivity index (χ1n) is 8.97. The van der Waals surface area contributed by atoms with Crippen molar-refractivity contribution in [2.75, 3.05) is 19.6 Å².